The maximum Gasteiger partial charge on any atom is 0.273 e. The number of hydrogen-bond acceptors (Lipinski definition) is 5. The molecule has 0 radical (unpaired) electrons. The monoisotopic (exact) mass is 361 g/mol. The van der Waals surface area contributed by atoms with Gasteiger partial charge in [0.05, 0.1) is 10.6 Å². The molecule has 0 amide bonds. The molecular weight excluding hydrogens is 346 g/mol. The molecule has 3 aromatic rings. The van der Waals surface area contributed by atoms with Gasteiger partial charge in [0.15, 0.2) is 0 Å². The standard InChI is InChI=1S/C16H15N3O3S2/c1-11-3-5-12(6-4-11)19(2)24(21,22)16-10-8-14(23-16)13-7-9-15(20)18-17-13/h3-10H,1-2H3,(H,18,20). The molecule has 0 fully saturated rings. The third-order valence-electron chi connectivity index (χ3n) is 3.53. The van der Waals surface area contributed by atoms with Crippen molar-refractivity contribution in [2.75, 3.05) is 11.4 Å². The van der Waals surface area contributed by atoms with E-state index in [9.17, 15) is 13.2 Å². The summed E-state index contributed by atoms with van der Waals surface area (Å²) in [5.41, 5.74) is 1.88. The van der Waals surface area contributed by atoms with Crippen LogP contribution in [0.15, 0.2) is 57.5 Å². The number of rotatable bonds is 4. The summed E-state index contributed by atoms with van der Waals surface area (Å²) in [5, 5.41) is 6.26. The van der Waals surface area contributed by atoms with Crippen LogP contribution >= 0.6 is 11.3 Å². The fraction of sp³-hybridized carbons (Fsp3) is 0.125. The third-order valence-corrected chi connectivity index (χ3v) is 6.89. The van der Waals surface area contributed by atoms with Gasteiger partial charge >= 0.3 is 0 Å². The number of thiophene rings is 1. The molecule has 1 N–H and O–H groups in total. The van der Waals surface area contributed by atoms with E-state index >= 15 is 0 Å². The molecule has 0 saturated carbocycles. The zero-order chi connectivity index (χ0) is 17.3. The second-order valence-corrected chi connectivity index (χ2v) is 8.51. The number of aromatic nitrogens is 2. The second kappa shape index (κ2) is 6.21. The van der Waals surface area contributed by atoms with Gasteiger partial charge in [0, 0.05) is 13.1 Å². The number of aryl methyl sites for hydroxylation is 1. The Morgan fingerprint density at radius 2 is 1.75 bits per heavy atom. The largest absolute Gasteiger partial charge is 0.273 e. The Balaban J connectivity index is 1.94. The van der Waals surface area contributed by atoms with Crippen LogP contribution in [-0.2, 0) is 10.0 Å². The lowest BCUT2D eigenvalue weighted by atomic mass is 10.2. The highest BCUT2D eigenvalue weighted by atomic mass is 32.2. The number of sulfonamides is 1. The summed E-state index contributed by atoms with van der Waals surface area (Å²) in [7, 11) is -2.12. The van der Waals surface area contributed by atoms with Crippen molar-refractivity contribution in [3.05, 3.63) is 64.4 Å². The predicted octanol–water partition coefficient (Wildman–Crippen LogP) is 2.63. The molecular formula is C16H15N3O3S2. The Labute approximate surface area is 143 Å². The molecule has 0 unspecified atom stereocenters. The van der Waals surface area contributed by atoms with E-state index in [1.807, 2.05) is 19.1 Å². The first-order valence-corrected chi connectivity index (χ1v) is 9.35. The fourth-order valence-corrected chi connectivity index (χ4v) is 4.75. The maximum absolute atomic E-state index is 12.8. The predicted molar refractivity (Wildman–Crippen MR) is 94.9 cm³/mol. The van der Waals surface area contributed by atoms with Gasteiger partial charge in [0.1, 0.15) is 9.90 Å². The molecule has 0 aliphatic carbocycles. The number of anilines is 1. The minimum absolute atomic E-state index is 0.216. The first-order chi connectivity index (χ1) is 11.4. The topological polar surface area (TPSA) is 83.1 Å². The molecule has 6 nitrogen and oxygen atoms in total. The average molecular weight is 361 g/mol. The lowest BCUT2D eigenvalue weighted by Crippen LogP contribution is -2.25. The number of nitrogens with one attached hydrogen (secondary N) is 1. The molecule has 0 aliphatic heterocycles. The first kappa shape index (κ1) is 16.4. The molecule has 0 saturated heterocycles. The van der Waals surface area contributed by atoms with Crippen LogP contribution in [0.5, 0.6) is 0 Å². The number of aromatic amines is 1. The summed E-state index contributed by atoms with van der Waals surface area (Å²) < 4.78 is 27.0. The highest BCUT2D eigenvalue weighted by Crippen LogP contribution is 2.32. The molecule has 1 aromatic carbocycles. The summed E-state index contributed by atoms with van der Waals surface area (Å²) in [6.07, 6.45) is 0. The van der Waals surface area contributed by atoms with Crippen molar-refractivity contribution in [3.63, 3.8) is 0 Å². The van der Waals surface area contributed by atoms with Gasteiger partial charge in [-0.2, -0.15) is 5.10 Å². The molecule has 124 valence electrons. The van der Waals surface area contributed by atoms with Crippen molar-refractivity contribution in [3.8, 4) is 10.6 Å². The Morgan fingerprint density at radius 3 is 2.38 bits per heavy atom. The second-order valence-electron chi connectivity index (χ2n) is 5.23. The molecule has 2 heterocycles. The van der Waals surface area contributed by atoms with Crippen LogP contribution in [-0.4, -0.2) is 25.7 Å². The number of nitrogens with zero attached hydrogens (tertiary/aromatic N) is 2. The van der Waals surface area contributed by atoms with Gasteiger partial charge in [0.25, 0.3) is 15.6 Å². The lowest BCUT2D eigenvalue weighted by molar-refractivity contribution is 0.596. The summed E-state index contributed by atoms with van der Waals surface area (Å²) in [6, 6.07) is 13.4. The fourth-order valence-electron chi connectivity index (χ4n) is 2.11. The third kappa shape index (κ3) is 3.10. The van der Waals surface area contributed by atoms with E-state index in [1.54, 1.807) is 30.3 Å². The van der Waals surface area contributed by atoms with Crippen molar-refractivity contribution < 1.29 is 8.42 Å². The van der Waals surface area contributed by atoms with E-state index in [1.165, 1.54) is 17.4 Å². The summed E-state index contributed by atoms with van der Waals surface area (Å²) in [5.74, 6) is 0. The molecule has 0 atom stereocenters. The van der Waals surface area contributed by atoms with Gasteiger partial charge in [-0.1, -0.05) is 17.7 Å². The molecule has 0 bridgehead atoms. The highest BCUT2D eigenvalue weighted by Gasteiger charge is 2.23. The van der Waals surface area contributed by atoms with Crippen LogP contribution in [0.2, 0.25) is 0 Å². The van der Waals surface area contributed by atoms with Crippen molar-refractivity contribution in [1.82, 2.24) is 10.2 Å². The molecule has 2 aromatic heterocycles. The van der Waals surface area contributed by atoms with Crippen LogP contribution in [0, 0.1) is 6.92 Å². The van der Waals surface area contributed by atoms with Crippen molar-refractivity contribution in [2.24, 2.45) is 0 Å². The molecule has 0 spiro atoms. The van der Waals surface area contributed by atoms with E-state index in [2.05, 4.69) is 10.2 Å². The van der Waals surface area contributed by atoms with Crippen molar-refractivity contribution >= 4 is 27.0 Å². The van der Waals surface area contributed by atoms with Gasteiger partial charge in [-0.05, 0) is 37.3 Å². The van der Waals surface area contributed by atoms with E-state index < -0.39 is 10.0 Å². The quantitative estimate of drug-likeness (QED) is 0.774. The SMILES string of the molecule is Cc1ccc(N(C)S(=O)(=O)c2ccc(-c3ccc(=O)[nH]n3)s2)cc1. The van der Waals surface area contributed by atoms with Crippen molar-refractivity contribution in [2.45, 2.75) is 11.1 Å². The van der Waals surface area contributed by atoms with E-state index in [-0.39, 0.29) is 9.77 Å². The Bertz CT molecular complexity index is 1000. The van der Waals surface area contributed by atoms with Crippen LogP contribution in [0.3, 0.4) is 0 Å². The molecule has 24 heavy (non-hydrogen) atoms. The van der Waals surface area contributed by atoms with Crippen LogP contribution in [0.25, 0.3) is 10.6 Å². The minimum Gasteiger partial charge on any atom is -0.269 e. The smallest absolute Gasteiger partial charge is 0.269 e. The summed E-state index contributed by atoms with van der Waals surface area (Å²) >= 11 is 1.11. The van der Waals surface area contributed by atoms with Gasteiger partial charge in [-0.15, -0.1) is 11.3 Å². The number of benzene rings is 1. The van der Waals surface area contributed by atoms with Gasteiger partial charge in [-0.25, -0.2) is 13.5 Å². The maximum atomic E-state index is 12.8. The normalized spacial score (nSPS) is 11.4. The van der Waals surface area contributed by atoms with E-state index in [0.29, 0.717) is 16.3 Å². The van der Waals surface area contributed by atoms with Crippen LogP contribution < -0.4 is 9.86 Å². The summed E-state index contributed by atoms with van der Waals surface area (Å²) in [6.45, 7) is 1.95. The molecule has 0 aliphatic rings. The Morgan fingerprint density at radius 1 is 1.04 bits per heavy atom. The highest BCUT2D eigenvalue weighted by molar-refractivity contribution is 7.94. The number of H-pyrrole nitrogens is 1. The minimum atomic E-state index is -3.65. The zero-order valence-electron chi connectivity index (χ0n) is 13.1. The van der Waals surface area contributed by atoms with E-state index in [0.717, 1.165) is 16.9 Å². The van der Waals surface area contributed by atoms with E-state index in [4.69, 9.17) is 0 Å². The Hall–Kier alpha value is -2.45. The molecule has 8 heteroatoms. The molecule has 3 rings (SSSR count). The first-order valence-electron chi connectivity index (χ1n) is 7.09. The zero-order valence-corrected chi connectivity index (χ0v) is 14.7. The summed E-state index contributed by atoms with van der Waals surface area (Å²) in [4.78, 5) is 11.7. The van der Waals surface area contributed by atoms with Crippen LogP contribution in [0.4, 0.5) is 5.69 Å². The number of hydrogen-bond donors (Lipinski definition) is 1. The lowest BCUT2D eigenvalue weighted by Gasteiger charge is -2.18. The van der Waals surface area contributed by atoms with Gasteiger partial charge in [-0.3, -0.25) is 9.10 Å². The van der Waals surface area contributed by atoms with Gasteiger partial charge in [0.2, 0.25) is 0 Å². The van der Waals surface area contributed by atoms with Crippen molar-refractivity contribution in [1.29, 1.82) is 0 Å². The van der Waals surface area contributed by atoms with Crippen LogP contribution in [0.1, 0.15) is 5.56 Å². The average Bonchev–Trinajstić information content (AvgIpc) is 3.06. The Kier molecular flexibility index (Phi) is 4.25. The van der Waals surface area contributed by atoms with Gasteiger partial charge < -0.3 is 0 Å².